The fourth-order valence-corrected chi connectivity index (χ4v) is 3.85. The summed E-state index contributed by atoms with van der Waals surface area (Å²) in [7, 11) is 0. The third kappa shape index (κ3) is 3.56. The zero-order valence-corrected chi connectivity index (χ0v) is 15.3. The molecule has 1 N–H and O–H groups in total. The molecule has 1 atom stereocenters. The zero-order valence-electron chi connectivity index (χ0n) is 15.3. The summed E-state index contributed by atoms with van der Waals surface area (Å²) >= 11 is 0. The minimum Gasteiger partial charge on any atom is -0.365 e. The molecule has 2 aromatic carbocycles. The van der Waals surface area contributed by atoms with Crippen LogP contribution in [0.4, 0.5) is 20.2 Å². The number of carbonyl (C=O) groups excluding carboxylic acids is 2. The van der Waals surface area contributed by atoms with Crippen molar-refractivity contribution in [3.05, 3.63) is 59.7 Å². The van der Waals surface area contributed by atoms with E-state index < -0.39 is 11.6 Å². The van der Waals surface area contributed by atoms with Crippen molar-refractivity contribution in [2.45, 2.75) is 25.3 Å². The second kappa shape index (κ2) is 7.58. The molecule has 0 spiro atoms. The van der Waals surface area contributed by atoms with Crippen LogP contribution in [-0.2, 0) is 4.79 Å². The summed E-state index contributed by atoms with van der Waals surface area (Å²) < 4.78 is 27.9. The lowest BCUT2D eigenvalue weighted by Crippen LogP contribution is -2.37. The van der Waals surface area contributed by atoms with Crippen LogP contribution < -0.4 is 15.1 Å². The summed E-state index contributed by atoms with van der Waals surface area (Å²) in [5, 5.41) is 2.93. The van der Waals surface area contributed by atoms with E-state index in [9.17, 15) is 18.4 Å². The topological polar surface area (TPSA) is 52.7 Å². The van der Waals surface area contributed by atoms with Gasteiger partial charge in [0.25, 0.3) is 5.91 Å². The molecule has 28 heavy (non-hydrogen) atoms. The molecular formula is C21H21F2N3O2. The van der Waals surface area contributed by atoms with Crippen LogP contribution in [0.3, 0.4) is 0 Å². The van der Waals surface area contributed by atoms with Crippen LogP contribution in [0.25, 0.3) is 0 Å². The van der Waals surface area contributed by atoms with Crippen LogP contribution in [0.15, 0.2) is 42.5 Å². The maximum atomic E-state index is 14.0. The van der Waals surface area contributed by atoms with Gasteiger partial charge in [-0.25, -0.2) is 8.78 Å². The first-order chi connectivity index (χ1) is 13.5. The number of carbonyl (C=O) groups is 2. The summed E-state index contributed by atoms with van der Waals surface area (Å²) in [4.78, 5) is 27.7. The second-order valence-corrected chi connectivity index (χ2v) is 7.17. The van der Waals surface area contributed by atoms with Gasteiger partial charge in [-0.05, 0) is 49.2 Å². The molecule has 2 saturated heterocycles. The van der Waals surface area contributed by atoms with E-state index in [2.05, 4.69) is 5.32 Å². The van der Waals surface area contributed by atoms with Crippen molar-refractivity contribution in [3.8, 4) is 0 Å². The Bertz CT molecular complexity index is 881. The first kappa shape index (κ1) is 18.4. The Kier molecular flexibility index (Phi) is 4.98. The highest BCUT2D eigenvalue weighted by atomic mass is 19.1. The number of nitrogens with one attached hydrogen (secondary N) is 1. The Morgan fingerprint density at radius 3 is 2.39 bits per heavy atom. The molecule has 2 heterocycles. The number of para-hydroxylation sites is 1. The van der Waals surface area contributed by atoms with E-state index in [-0.39, 0.29) is 23.5 Å². The Hall–Kier alpha value is -2.96. The minimum absolute atomic E-state index is 0.0427. The Morgan fingerprint density at radius 1 is 1.04 bits per heavy atom. The van der Waals surface area contributed by atoms with E-state index >= 15 is 0 Å². The number of anilines is 2. The number of benzene rings is 2. The summed E-state index contributed by atoms with van der Waals surface area (Å²) in [5.41, 5.74) is 1.24. The minimum atomic E-state index is -0.598. The first-order valence-electron chi connectivity index (χ1n) is 9.43. The Labute approximate surface area is 161 Å². The van der Waals surface area contributed by atoms with Gasteiger partial charge in [-0.1, -0.05) is 6.07 Å². The van der Waals surface area contributed by atoms with Crippen molar-refractivity contribution in [1.29, 1.82) is 0 Å². The van der Waals surface area contributed by atoms with Crippen molar-refractivity contribution in [3.63, 3.8) is 0 Å². The van der Waals surface area contributed by atoms with Gasteiger partial charge in [-0.15, -0.1) is 0 Å². The number of rotatable bonds is 4. The standard InChI is InChI=1S/C21H21F2N3O2/c22-17-3-1-4-18(23)20(17)25-12-10-15(13-25)24-21(28)14-6-8-16(9-7-14)26-11-2-5-19(26)27/h1,3-4,6-9,15H,2,5,10-13H2,(H,24,28). The SMILES string of the molecule is O=C(NC1CCN(c2c(F)cccc2F)C1)c1ccc(N2CCCC2=O)cc1. The molecule has 2 aliphatic rings. The van der Waals surface area contributed by atoms with Crippen molar-refractivity contribution in [2.24, 2.45) is 0 Å². The van der Waals surface area contributed by atoms with Gasteiger partial charge >= 0.3 is 0 Å². The number of hydrogen-bond donors (Lipinski definition) is 1. The molecule has 146 valence electrons. The molecule has 4 rings (SSSR count). The number of amides is 2. The largest absolute Gasteiger partial charge is 0.365 e. The third-order valence-electron chi connectivity index (χ3n) is 5.29. The van der Waals surface area contributed by atoms with Gasteiger partial charge in [0.15, 0.2) is 0 Å². The monoisotopic (exact) mass is 385 g/mol. The van der Waals surface area contributed by atoms with Crippen LogP contribution in [0, 0.1) is 11.6 Å². The molecule has 2 aromatic rings. The van der Waals surface area contributed by atoms with Crippen LogP contribution in [0.5, 0.6) is 0 Å². The summed E-state index contributed by atoms with van der Waals surface area (Å²) in [5.74, 6) is -1.33. The quantitative estimate of drug-likeness (QED) is 0.880. The smallest absolute Gasteiger partial charge is 0.251 e. The van der Waals surface area contributed by atoms with Crippen molar-refractivity contribution in [1.82, 2.24) is 5.32 Å². The molecular weight excluding hydrogens is 364 g/mol. The van der Waals surface area contributed by atoms with Gasteiger partial charge in [-0.2, -0.15) is 0 Å². The highest BCUT2D eigenvalue weighted by Crippen LogP contribution is 2.27. The normalized spacial score (nSPS) is 19.4. The molecule has 2 fully saturated rings. The Morgan fingerprint density at radius 2 is 1.75 bits per heavy atom. The van der Waals surface area contributed by atoms with Gasteiger partial charge < -0.3 is 15.1 Å². The number of hydrogen-bond acceptors (Lipinski definition) is 3. The molecule has 0 aromatic heterocycles. The average molecular weight is 385 g/mol. The molecule has 0 aliphatic carbocycles. The average Bonchev–Trinajstić information content (AvgIpc) is 3.31. The molecule has 0 bridgehead atoms. The van der Waals surface area contributed by atoms with E-state index in [4.69, 9.17) is 0 Å². The van der Waals surface area contributed by atoms with Crippen molar-refractivity contribution >= 4 is 23.2 Å². The van der Waals surface area contributed by atoms with Gasteiger partial charge in [-0.3, -0.25) is 9.59 Å². The van der Waals surface area contributed by atoms with Crippen molar-refractivity contribution < 1.29 is 18.4 Å². The molecule has 7 heteroatoms. The highest BCUT2D eigenvalue weighted by molar-refractivity contribution is 5.97. The maximum absolute atomic E-state index is 14.0. The van der Waals surface area contributed by atoms with E-state index in [1.165, 1.54) is 18.2 Å². The van der Waals surface area contributed by atoms with Gasteiger partial charge in [0.2, 0.25) is 5.91 Å². The predicted molar refractivity (Wildman–Crippen MR) is 102 cm³/mol. The molecule has 0 radical (unpaired) electrons. The van der Waals surface area contributed by atoms with Crippen LogP contribution in [-0.4, -0.2) is 37.5 Å². The predicted octanol–water partition coefficient (Wildman–Crippen LogP) is 3.10. The molecule has 1 unspecified atom stereocenters. The maximum Gasteiger partial charge on any atom is 0.251 e. The second-order valence-electron chi connectivity index (χ2n) is 7.17. The van der Waals surface area contributed by atoms with Gasteiger partial charge in [0.1, 0.15) is 17.3 Å². The zero-order chi connectivity index (χ0) is 19.7. The molecule has 0 saturated carbocycles. The van der Waals surface area contributed by atoms with E-state index in [1.807, 2.05) is 0 Å². The fraction of sp³-hybridized carbons (Fsp3) is 0.333. The van der Waals surface area contributed by atoms with Crippen LogP contribution >= 0.6 is 0 Å². The molecule has 2 aliphatic heterocycles. The van der Waals surface area contributed by atoms with Crippen LogP contribution in [0.1, 0.15) is 29.6 Å². The van der Waals surface area contributed by atoms with Crippen molar-refractivity contribution in [2.75, 3.05) is 29.4 Å². The lowest BCUT2D eigenvalue weighted by atomic mass is 10.1. The molecule has 5 nitrogen and oxygen atoms in total. The summed E-state index contributed by atoms with van der Waals surface area (Å²) in [6.45, 7) is 1.53. The van der Waals surface area contributed by atoms with E-state index in [1.54, 1.807) is 34.1 Å². The van der Waals surface area contributed by atoms with Crippen LogP contribution in [0.2, 0.25) is 0 Å². The summed E-state index contributed by atoms with van der Waals surface area (Å²) in [6.07, 6.45) is 2.02. The molecule has 2 amide bonds. The van der Waals surface area contributed by atoms with E-state index in [0.717, 1.165) is 12.1 Å². The number of nitrogens with zero attached hydrogens (tertiary/aromatic N) is 2. The first-order valence-corrected chi connectivity index (χ1v) is 9.43. The highest BCUT2D eigenvalue weighted by Gasteiger charge is 2.28. The fourth-order valence-electron chi connectivity index (χ4n) is 3.85. The van der Waals surface area contributed by atoms with E-state index in [0.29, 0.717) is 38.0 Å². The lowest BCUT2D eigenvalue weighted by Gasteiger charge is -2.20. The Balaban J connectivity index is 1.38. The summed E-state index contributed by atoms with van der Waals surface area (Å²) in [6, 6.07) is 10.5. The van der Waals surface area contributed by atoms with Gasteiger partial charge in [0.05, 0.1) is 0 Å². The van der Waals surface area contributed by atoms with Gasteiger partial charge in [0, 0.05) is 43.3 Å². The number of halogens is 2. The third-order valence-corrected chi connectivity index (χ3v) is 5.29. The lowest BCUT2D eigenvalue weighted by molar-refractivity contribution is -0.117.